The lowest BCUT2D eigenvalue weighted by Gasteiger charge is -2.32. The quantitative estimate of drug-likeness (QED) is 0.330. The molecule has 0 saturated carbocycles. The number of nitrogens with zero attached hydrogens (tertiary/aromatic N) is 1. The number of para-hydroxylation sites is 1. The molecule has 202 valence electrons. The van der Waals surface area contributed by atoms with Crippen LogP contribution in [-0.4, -0.2) is 35.4 Å². The molecular weight excluding hydrogens is 472 g/mol. The molecule has 0 spiro atoms. The number of nitrogens with one attached hydrogen (secondary N) is 1. The first-order valence-electron chi connectivity index (χ1n) is 13.5. The van der Waals surface area contributed by atoms with E-state index in [4.69, 9.17) is 4.74 Å². The van der Waals surface area contributed by atoms with Crippen LogP contribution in [0.4, 0.5) is 0 Å². The Morgan fingerprint density at radius 3 is 2.24 bits per heavy atom. The van der Waals surface area contributed by atoms with E-state index in [0.717, 1.165) is 28.7 Å². The summed E-state index contributed by atoms with van der Waals surface area (Å²) in [5.41, 5.74) is 3.98. The first kappa shape index (κ1) is 29.0. The number of rotatable bonds is 11. The number of ether oxygens (including phenoxy) is 1. The molecule has 38 heavy (non-hydrogen) atoms. The fraction of sp³-hybridized carbons (Fsp3) is 0.394. The summed E-state index contributed by atoms with van der Waals surface area (Å²) in [6, 6.07) is 25.1. The highest BCUT2D eigenvalue weighted by Gasteiger charge is 2.31. The zero-order valence-corrected chi connectivity index (χ0v) is 23.7. The molecule has 5 heteroatoms. The van der Waals surface area contributed by atoms with Crippen molar-refractivity contribution in [1.29, 1.82) is 0 Å². The predicted molar refractivity (Wildman–Crippen MR) is 154 cm³/mol. The Morgan fingerprint density at radius 2 is 1.58 bits per heavy atom. The van der Waals surface area contributed by atoms with E-state index in [1.807, 2.05) is 93.6 Å². The topological polar surface area (TPSA) is 58.6 Å². The number of amides is 2. The number of carbonyl (C=O) groups excluding carboxylic acids is 2. The molecule has 2 atom stereocenters. The largest absolute Gasteiger partial charge is 0.483 e. The van der Waals surface area contributed by atoms with Crippen molar-refractivity contribution in [2.24, 2.45) is 0 Å². The van der Waals surface area contributed by atoms with Gasteiger partial charge in [-0.25, -0.2) is 0 Å². The highest BCUT2D eigenvalue weighted by Crippen LogP contribution is 2.31. The van der Waals surface area contributed by atoms with E-state index in [9.17, 15) is 9.59 Å². The van der Waals surface area contributed by atoms with Crippen LogP contribution in [0, 0.1) is 6.92 Å². The van der Waals surface area contributed by atoms with E-state index in [1.165, 1.54) is 0 Å². The maximum absolute atomic E-state index is 13.9. The Bertz CT molecular complexity index is 1200. The van der Waals surface area contributed by atoms with Gasteiger partial charge in [-0.1, -0.05) is 106 Å². The van der Waals surface area contributed by atoms with Crippen molar-refractivity contribution >= 4 is 11.8 Å². The second-order valence-corrected chi connectivity index (χ2v) is 11.1. The molecule has 0 radical (unpaired) electrons. The molecule has 0 heterocycles. The Labute approximate surface area is 228 Å². The Morgan fingerprint density at radius 1 is 0.921 bits per heavy atom. The van der Waals surface area contributed by atoms with Crippen LogP contribution < -0.4 is 10.1 Å². The second-order valence-electron chi connectivity index (χ2n) is 11.1. The van der Waals surface area contributed by atoms with Gasteiger partial charge in [0.05, 0.1) is 0 Å². The standard InChI is InChI=1S/C33H42N2O3/c1-7-25(3)34-32(37)29(21-26-15-9-8-10-16-26)35(22-27-17-13-14-24(2)20-27)31(36)23-38-30-19-12-11-18-28(30)33(4,5)6/h8-20,25,29H,7,21-23H2,1-6H3,(H,34,37)/t25-,29+/m1/s1. The molecular formula is C33H42N2O3. The van der Waals surface area contributed by atoms with Crippen LogP contribution in [0.1, 0.15) is 63.3 Å². The average Bonchev–Trinajstić information content (AvgIpc) is 2.89. The van der Waals surface area contributed by atoms with Gasteiger partial charge in [0.2, 0.25) is 5.91 Å². The van der Waals surface area contributed by atoms with E-state index >= 15 is 0 Å². The second kappa shape index (κ2) is 13.3. The van der Waals surface area contributed by atoms with Gasteiger partial charge in [0, 0.05) is 19.0 Å². The fourth-order valence-electron chi connectivity index (χ4n) is 4.44. The minimum absolute atomic E-state index is 0.00612. The lowest BCUT2D eigenvalue weighted by molar-refractivity contribution is -0.143. The van der Waals surface area contributed by atoms with Gasteiger partial charge in [-0.15, -0.1) is 0 Å². The van der Waals surface area contributed by atoms with Gasteiger partial charge in [0.1, 0.15) is 11.8 Å². The van der Waals surface area contributed by atoms with Crippen molar-refractivity contribution in [3.8, 4) is 5.75 Å². The van der Waals surface area contributed by atoms with E-state index in [-0.39, 0.29) is 29.9 Å². The van der Waals surface area contributed by atoms with Gasteiger partial charge in [0.15, 0.2) is 6.61 Å². The van der Waals surface area contributed by atoms with Gasteiger partial charge in [0.25, 0.3) is 5.91 Å². The molecule has 3 rings (SSSR count). The summed E-state index contributed by atoms with van der Waals surface area (Å²) in [7, 11) is 0. The van der Waals surface area contributed by atoms with Gasteiger partial charge in [-0.05, 0) is 48.4 Å². The molecule has 0 bridgehead atoms. The third kappa shape index (κ3) is 8.20. The summed E-state index contributed by atoms with van der Waals surface area (Å²) in [5, 5.41) is 3.11. The van der Waals surface area contributed by atoms with Gasteiger partial charge < -0.3 is 15.0 Å². The van der Waals surface area contributed by atoms with Gasteiger partial charge in [-0.2, -0.15) is 0 Å². The monoisotopic (exact) mass is 514 g/mol. The SMILES string of the molecule is CC[C@@H](C)NC(=O)[C@H](Cc1ccccc1)N(Cc1cccc(C)c1)C(=O)COc1ccccc1C(C)(C)C. The zero-order chi connectivity index (χ0) is 27.7. The molecule has 0 aliphatic carbocycles. The Hall–Kier alpha value is -3.60. The highest BCUT2D eigenvalue weighted by atomic mass is 16.5. The third-order valence-electron chi connectivity index (χ3n) is 6.75. The molecule has 0 saturated heterocycles. The molecule has 3 aromatic rings. The maximum atomic E-state index is 13.9. The number of hydrogen-bond donors (Lipinski definition) is 1. The molecule has 2 amide bonds. The maximum Gasteiger partial charge on any atom is 0.261 e. The van der Waals surface area contributed by atoms with Crippen LogP contribution >= 0.6 is 0 Å². The summed E-state index contributed by atoms with van der Waals surface area (Å²) in [6.07, 6.45) is 1.22. The molecule has 5 nitrogen and oxygen atoms in total. The van der Waals surface area contributed by atoms with E-state index in [0.29, 0.717) is 18.7 Å². The Kier molecular flexibility index (Phi) is 10.1. The molecule has 0 unspecified atom stereocenters. The number of hydrogen-bond acceptors (Lipinski definition) is 3. The summed E-state index contributed by atoms with van der Waals surface area (Å²) in [4.78, 5) is 29.2. The van der Waals surface area contributed by atoms with E-state index in [1.54, 1.807) is 4.90 Å². The minimum Gasteiger partial charge on any atom is -0.483 e. The number of aryl methyl sites for hydroxylation is 1. The molecule has 1 N–H and O–H groups in total. The van der Waals surface area contributed by atoms with E-state index in [2.05, 4.69) is 32.2 Å². The molecule has 0 aromatic heterocycles. The van der Waals surface area contributed by atoms with Gasteiger partial charge in [-0.3, -0.25) is 9.59 Å². The third-order valence-corrected chi connectivity index (χ3v) is 6.75. The normalized spacial score (nSPS) is 12.9. The summed E-state index contributed by atoms with van der Waals surface area (Å²) >= 11 is 0. The van der Waals surface area contributed by atoms with Crippen molar-refractivity contribution in [1.82, 2.24) is 10.2 Å². The lowest BCUT2D eigenvalue weighted by Crippen LogP contribution is -2.53. The molecule has 3 aromatic carbocycles. The highest BCUT2D eigenvalue weighted by molar-refractivity contribution is 5.88. The fourth-order valence-corrected chi connectivity index (χ4v) is 4.44. The summed E-state index contributed by atoms with van der Waals surface area (Å²) in [5.74, 6) is 0.308. The van der Waals surface area contributed by atoms with Crippen LogP contribution in [0.2, 0.25) is 0 Å². The van der Waals surface area contributed by atoms with Crippen LogP contribution in [0.3, 0.4) is 0 Å². The molecule has 0 fully saturated rings. The minimum atomic E-state index is -0.680. The smallest absolute Gasteiger partial charge is 0.261 e. The Balaban J connectivity index is 1.95. The lowest BCUT2D eigenvalue weighted by atomic mass is 9.86. The first-order valence-corrected chi connectivity index (χ1v) is 13.5. The number of carbonyl (C=O) groups is 2. The van der Waals surface area contributed by atoms with Crippen LogP contribution in [0.5, 0.6) is 5.75 Å². The zero-order valence-electron chi connectivity index (χ0n) is 23.7. The summed E-state index contributed by atoms with van der Waals surface area (Å²) < 4.78 is 6.13. The van der Waals surface area contributed by atoms with E-state index < -0.39 is 6.04 Å². The van der Waals surface area contributed by atoms with Crippen molar-refractivity contribution in [3.05, 3.63) is 101 Å². The average molecular weight is 515 g/mol. The van der Waals surface area contributed by atoms with Crippen LogP contribution in [0.25, 0.3) is 0 Å². The van der Waals surface area contributed by atoms with Crippen molar-refractivity contribution in [2.45, 2.75) is 78.4 Å². The first-order chi connectivity index (χ1) is 18.1. The van der Waals surface area contributed by atoms with Crippen molar-refractivity contribution < 1.29 is 14.3 Å². The molecule has 0 aliphatic rings. The van der Waals surface area contributed by atoms with Gasteiger partial charge >= 0.3 is 0 Å². The van der Waals surface area contributed by atoms with Crippen molar-refractivity contribution in [3.63, 3.8) is 0 Å². The van der Waals surface area contributed by atoms with Crippen LogP contribution in [-0.2, 0) is 28.0 Å². The predicted octanol–water partition coefficient (Wildman–Crippen LogP) is 6.23. The molecule has 0 aliphatic heterocycles. The summed E-state index contributed by atoms with van der Waals surface area (Å²) in [6.45, 7) is 12.6. The number of benzene rings is 3. The van der Waals surface area contributed by atoms with Crippen molar-refractivity contribution in [2.75, 3.05) is 6.61 Å². The van der Waals surface area contributed by atoms with Crippen LogP contribution in [0.15, 0.2) is 78.9 Å².